The van der Waals surface area contributed by atoms with Crippen LogP contribution in [0.5, 0.6) is 0 Å². The smallest absolute Gasteiger partial charge is 0.224 e. The van der Waals surface area contributed by atoms with Crippen molar-refractivity contribution in [2.75, 3.05) is 26.7 Å². The number of hydrogen-bond acceptors (Lipinski definition) is 3. The van der Waals surface area contributed by atoms with E-state index >= 15 is 0 Å². The lowest BCUT2D eigenvalue weighted by atomic mass is 9.98. The molecule has 1 aliphatic heterocycles. The Kier molecular flexibility index (Phi) is 5.14. The lowest BCUT2D eigenvalue weighted by Gasteiger charge is -2.29. The molecule has 1 aromatic carbocycles. The third kappa shape index (κ3) is 4.36. The first-order valence-corrected chi connectivity index (χ1v) is 7.11. The maximum atomic E-state index is 11.9. The molecule has 1 aromatic rings. The summed E-state index contributed by atoms with van der Waals surface area (Å²) in [6, 6.07) is 9.25. The van der Waals surface area contributed by atoms with Crippen LogP contribution < -0.4 is 5.32 Å². The molecule has 1 aliphatic rings. The lowest BCUT2D eigenvalue weighted by Crippen LogP contribution is -2.39. The monoisotopic (exact) mass is 271 g/mol. The van der Waals surface area contributed by atoms with Crippen molar-refractivity contribution in [2.45, 2.75) is 19.3 Å². The van der Waals surface area contributed by atoms with E-state index < -0.39 is 0 Å². The molecule has 1 amide bonds. The predicted molar refractivity (Wildman–Crippen MR) is 78.1 cm³/mol. The van der Waals surface area contributed by atoms with Crippen molar-refractivity contribution < 1.29 is 4.79 Å². The highest BCUT2D eigenvalue weighted by Crippen LogP contribution is 2.14. The highest BCUT2D eigenvalue weighted by Gasteiger charge is 2.17. The summed E-state index contributed by atoms with van der Waals surface area (Å²) in [7, 11) is 2.13. The molecule has 1 unspecified atom stereocenters. The van der Waals surface area contributed by atoms with Crippen LogP contribution in [0.25, 0.3) is 0 Å². The van der Waals surface area contributed by atoms with Gasteiger partial charge >= 0.3 is 0 Å². The Morgan fingerprint density at radius 2 is 2.20 bits per heavy atom. The van der Waals surface area contributed by atoms with Crippen LogP contribution in [0.15, 0.2) is 24.3 Å². The second-order valence-electron chi connectivity index (χ2n) is 5.56. The van der Waals surface area contributed by atoms with Gasteiger partial charge in [-0.3, -0.25) is 4.79 Å². The summed E-state index contributed by atoms with van der Waals surface area (Å²) in [5.41, 5.74) is 1.57. The average molecular weight is 271 g/mol. The first-order chi connectivity index (χ1) is 9.67. The minimum Gasteiger partial charge on any atom is -0.355 e. The van der Waals surface area contributed by atoms with E-state index in [2.05, 4.69) is 23.3 Å². The molecule has 1 N–H and O–H groups in total. The Bertz CT molecular complexity index is 489. The van der Waals surface area contributed by atoms with Crippen molar-refractivity contribution in [3.8, 4) is 6.07 Å². The topological polar surface area (TPSA) is 56.1 Å². The zero-order valence-corrected chi connectivity index (χ0v) is 11.9. The summed E-state index contributed by atoms with van der Waals surface area (Å²) in [5.74, 6) is 0.626. The van der Waals surface area contributed by atoms with Crippen LogP contribution in [-0.2, 0) is 11.2 Å². The number of rotatable bonds is 4. The molecule has 0 aliphatic carbocycles. The highest BCUT2D eigenvalue weighted by molar-refractivity contribution is 5.78. The van der Waals surface area contributed by atoms with E-state index in [4.69, 9.17) is 5.26 Å². The highest BCUT2D eigenvalue weighted by atomic mass is 16.1. The molecule has 1 atom stereocenters. The third-order valence-electron chi connectivity index (χ3n) is 3.76. The van der Waals surface area contributed by atoms with Crippen LogP contribution in [-0.4, -0.2) is 37.5 Å². The lowest BCUT2D eigenvalue weighted by molar-refractivity contribution is -0.120. The van der Waals surface area contributed by atoms with Gasteiger partial charge in [0.2, 0.25) is 5.91 Å². The minimum absolute atomic E-state index is 0.0583. The fraction of sp³-hybridized carbons (Fsp3) is 0.500. The second-order valence-corrected chi connectivity index (χ2v) is 5.56. The summed E-state index contributed by atoms with van der Waals surface area (Å²) in [6.07, 6.45) is 2.79. The number of nitrogens with one attached hydrogen (secondary N) is 1. The van der Waals surface area contributed by atoms with Gasteiger partial charge < -0.3 is 10.2 Å². The molecular weight excluding hydrogens is 250 g/mol. The summed E-state index contributed by atoms with van der Waals surface area (Å²) in [5, 5.41) is 11.7. The van der Waals surface area contributed by atoms with E-state index in [0.29, 0.717) is 17.9 Å². The minimum atomic E-state index is 0.0583. The molecule has 0 spiro atoms. The van der Waals surface area contributed by atoms with Gasteiger partial charge in [0.25, 0.3) is 0 Å². The number of nitriles is 1. The number of piperidine rings is 1. The standard InChI is InChI=1S/C16H21N3O/c1-19-8-2-3-15(12-19)11-18-16(20)9-13-4-6-14(10-17)7-5-13/h4-7,15H,2-3,8-9,11-12H2,1H3,(H,18,20). The average Bonchev–Trinajstić information content (AvgIpc) is 2.46. The van der Waals surface area contributed by atoms with E-state index in [1.165, 1.54) is 12.8 Å². The fourth-order valence-electron chi connectivity index (χ4n) is 2.64. The molecule has 1 fully saturated rings. The van der Waals surface area contributed by atoms with Gasteiger partial charge in [-0.15, -0.1) is 0 Å². The number of nitrogens with zero attached hydrogens (tertiary/aromatic N) is 2. The van der Waals surface area contributed by atoms with Gasteiger partial charge in [-0.05, 0) is 50.0 Å². The summed E-state index contributed by atoms with van der Waals surface area (Å²) in [6.45, 7) is 2.99. The largest absolute Gasteiger partial charge is 0.355 e. The SMILES string of the molecule is CN1CCCC(CNC(=O)Cc2ccc(C#N)cc2)C1. The molecule has 0 radical (unpaired) electrons. The van der Waals surface area contributed by atoms with E-state index in [1.807, 2.05) is 12.1 Å². The van der Waals surface area contributed by atoms with Crippen molar-refractivity contribution in [2.24, 2.45) is 5.92 Å². The van der Waals surface area contributed by atoms with Gasteiger partial charge in [-0.25, -0.2) is 0 Å². The molecule has 20 heavy (non-hydrogen) atoms. The van der Waals surface area contributed by atoms with Gasteiger partial charge in [0.1, 0.15) is 0 Å². The van der Waals surface area contributed by atoms with Crippen LogP contribution in [0.3, 0.4) is 0 Å². The van der Waals surface area contributed by atoms with Gasteiger partial charge in [0.15, 0.2) is 0 Å². The number of likely N-dealkylation sites (tertiary alicyclic amines) is 1. The molecule has 0 bridgehead atoms. The van der Waals surface area contributed by atoms with Gasteiger partial charge in [0, 0.05) is 13.1 Å². The number of carbonyl (C=O) groups is 1. The number of carbonyl (C=O) groups excluding carboxylic acids is 1. The van der Waals surface area contributed by atoms with Crippen molar-refractivity contribution in [3.63, 3.8) is 0 Å². The van der Waals surface area contributed by atoms with Crippen molar-refractivity contribution in [1.29, 1.82) is 5.26 Å². The fourth-order valence-corrected chi connectivity index (χ4v) is 2.64. The maximum Gasteiger partial charge on any atom is 0.224 e. The molecule has 0 saturated carbocycles. The molecule has 106 valence electrons. The summed E-state index contributed by atoms with van der Waals surface area (Å²) in [4.78, 5) is 14.2. The zero-order valence-electron chi connectivity index (χ0n) is 11.9. The Morgan fingerprint density at radius 1 is 1.45 bits per heavy atom. The van der Waals surface area contributed by atoms with Crippen LogP contribution >= 0.6 is 0 Å². The quantitative estimate of drug-likeness (QED) is 0.904. The van der Waals surface area contributed by atoms with Gasteiger partial charge in [-0.1, -0.05) is 12.1 Å². The Morgan fingerprint density at radius 3 is 2.85 bits per heavy atom. The van der Waals surface area contributed by atoms with Crippen molar-refractivity contribution in [3.05, 3.63) is 35.4 Å². The van der Waals surface area contributed by atoms with Crippen LogP contribution in [0.2, 0.25) is 0 Å². The number of benzene rings is 1. The third-order valence-corrected chi connectivity index (χ3v) is 3.76. The van der Waals surface area contributed by atoms with E-state index in [9.17, 15) is 4.79 Å². The molecule has 4 nitrogen and oxygen atoms in total. The van der Waals surface area contributed by atoms with Gasteiger partial charge in [-0.2, -0.15) is 5.26 Å². The van der Waals surface area contributed by atoms with E-state index in [-0.39, 0.29) is 5.91 Å². The van der Waals surface area contributed by atoms with Crippen molar-refractivity contribution >= 4 is 5.91 Å². The summed E-state index contributed by atoms with van der Waals surface area (Å²) < 4.78 is 0. The molecule has 0 aromatic heterocycles. The molecule has 1 saturated heterocycles. The first-order valence-electron chi connectivity index (χ1n) is 7.11. The van der Waals surface area contributed by atoms with Crippen molar-refractivity contribution in [1.82, 2.24) is 10.2 Å². The Balaban J connectivity index is 1.76. The molecular formula is C16H21N3O. The Hall–Kier alpha value is -1.86. The molecule has 4 heteroatoms. The zero-order chi connectivity index (χ0) is 14.4. The first kappa shape index (κ1) is 14.5. The molecule has 1 heterocycles. The molecule has 2 rings (SSSR count). The normalized spacial score (nSPS) is 19.3. The van der Waals surface area contributed by atoms with Crippen LogP contribution in [0.4, 0.5) is 0 Å². The summed E-state index contributed by atoms with van der Waals surface area (Å²) >= 11 is 0. The second kappa shape index (κ2) is 7.06. The number of amides is 1. The van der Waals surface area contributed by atoms with Gasteiger partial charge in [0.05, 0.1) is 18.1 Å². The maximum absolute atomic E-state index is 11.9. The van der Waals surface area contributed by atoms with E-state index in [0.717, 1.165) is 25.2 Å². The van der Waals surface area contributed by atoms with Crippen LogP contribution in [0.1, 0.15) is 24.0 Å². The predicted octanol–water partition coefficient (Wildman–Crippen LogP) is 1.56. The Labute approximate surface area is 120 Å². The van der Waals surface area contributed by atoms with Crippen LogP contribution in [0, 0.1) is 17.2 Å². The van der Waals surface area contributed by atoms with E-state index in [1.54, 1.807) is 12.1 Å². The number of hydrogen-bond donors (Lipinski definition) is 1.